The lowest BCUT2D eigenvalue weighted by atomic mass is 10.2. The van der Waals surface area contributed by atoms with Gasteiger partial charge in [0.05, 0.1) is 7.11 Å². The molecule has 1 aromatic heterocycles. The first kappa shape index (κ1) is 13.7. The van der Waals surface area contributed by atoms with Gasteiger partial charge in [-0.3, -0.25) is 0 Å². The van der Waals surface area contributed by atoms with E-state index >= 15 is 0 Å². The summed E-state index contributed by atoms with van der Waals surface area (Å²) in [4.78, 5) is 8.97. The largest absolute Gasteiger partial charge is 0.497 e. The van der Waals surface area contributed by atoms with Gasteiger partial charge in [-0.1, -0.05) is 12.1 Å². The minimum atomic E-state index is 0.480. The van der Waals surface area contributed by atoms with Crippen LogP contribution in [0.5, 0.6) is 11.6 Å². The third-order valence-electron chi connectivity index (χ3n) is 3.46. The Labute approximate surface area is 124 Å². The topological polar surface area (TPSA) is 56.3 Å². The number of rotatable bonds is 6. The predicted molar refractivity (Wildman–Crippen MR) is 80.9 cm³/mol. The Bertz CT molecular complexity index is 609. The number of anilines is 1. The van der Waals surface area contributed by atoms with Crippen molar-refractivity contribution in [2.24, 2.45) is 0 Å². The number of hydrogen-bond acceptors (Lipinski definition) is 5. The highest BCUT2D eigenvalue weighted by molar-refractivity contribution is 5.38. The van der Waals surface area contributed by atoms with E-state index < -0.39 is 0 Å². The average Bonchev–Trinajstić information content (AvgIpc) is 3.38. The highest BCUT2D eigenvalue weighted by Crippen LogP contribution is 2.39. The van der Waals surface area contributed by atoms with E-state index in [1.807, 2.05) is 37.4 Å². The first-order valence-corrected chi connectivity index (χ1v) is 7.11. The third kappa shape index (κ3) is 3.42. The maximum atomic E-state index is 5.79. The van der Waals surface area contributed by atoms with Gasteiger partial charge in [0.25, 0.3) is 0 Å². The zero-order valence-electron chi connectivity index (χ0n) is 12.3. The van der Waals surface area contributed by atoms with Gasteiger partial charge in [0.2, 0.25) is 5.88 Å². The van der Waals surface area contributed by atoms with Crippen LogP contribution >= 0.6 is 0 Å². The lowest BCUT2D eigenvalue weighted by Gasteiger charge is -2.09. The van der Waals surface area contributed by atoms with Crippen molar-refractivity contribution < 1.29 is 9.47 Å². The number of benzene rings is 1. The predicted octanol–water partition coefficient (Wildman–Crippen LogP) is 2.98. The summed E-state index contributed by atoms with van der Waals surface area (Å²) < 4.78 is 10.9. The molecule has 0 amide bonds. The summed E-state index contributed by atoms with van der Waals surface area (Å²) in [6.45, 7) is 0.480. The average molecular weight is 285 g/mol. The van der Waals surface area contributed by atoms with Crippen molar-refractivity contribution in [1.29, 1.82) is 0 Å². The van der Waals surface area contributed by atoms with Gasteiger partial charge in [0.15, 0.2) is 0 Å². The normalized spacial score (nSPS) is 13.8. The molecule has 1 aromatic carbocycles. The minimum Gasteiger partial charge on any atom is -0.497 e. The van der Waals surface area contributed by atoms with Crippen LogP contribution in [0.3, 0.4) is 0 Å². The Morgan fingerprint density at radius 3 is 2.57 bits per heavy atom. The summed E-state index contributed by atoms with van der Waals surface area (Å²) in [7, 11) is 3.51. The van der Waals surface area contributed by atoms with E-state index in [4.69, 9.17) is 9.47 Å². The quantitative estimate of drug-likeness (QED) is 0.884. The van der Waals surface area contributed by atoms with E-state index in [-0.39, 0.29) is 0 Å². The zero-order valence-corrected chi connectivity index (χ0v) is 12.3. The molecular formula is C16H19N3O2. The molecule has 5 nitrogen and oxygen atoms in total. The van der Waals surface area contributed by atoms with Crippen LogP contribution in [0.2, 0.25) is 0 Å². The van der Waals surface area contributed by atoms with Crippen LogP contribution in [-0.4, -0.2) is 24.1 Å². The van der Waals surface area contributed by atoms with Gasteiger partial charge in [-0.25, -0.2) is 4.98 Å². The monoisotopic (exact) mass is 285 g/mol. The van der Waals surface area contributed by atoms with Crippen LogP contribution in [0, 0.1) is 0 Å². The summed E-state index contributed by atoms with van der Waals surface area (Å²) in [5, 5.41) is 3.06. The summed E-state index contributed by atoms with van der Waals surface area (Å²) >= 11 is 0. The maximum absolute atomic E-state index is 5.79. The van der Waals surface area contributed by atoms with Crippen LogP contribution in [0.1, 0.15) is 30.1 Å². The van der Waals surface area contributed by atoms with Gasteiger partial charge < -0.3 is 14.8 Å². The van der Waals surface area contributed by atoms with E-state index in [0.29, 0.717) is 18.4 Å². The molecule has 0 unspecified atom stereocenters. The lowest BCUT2D eigenvalue weighted by molar-refractivity contribution is 0.292. The molecule has 1 N–H and O–H groups in total. The highest BCUT2D eigenvalue weighted by atomic mass is 16.5. The van der Waals surface area contributed by atoms with Gasteiger partial charge >= 0.3 is 0 Å². The number of aromatic nitrogens is 2. The van der Waals surface area contributed by atoms with Crippen molar-refractivity contribution in [3.63, 3.8) is 0 Å². The second kappa shape index (κ2) is 5.99. The summed E-state index contributed by atoms with van der Waals surface area (Å²) in [5.74, 6) is 3.64. The fourth-order valence-corrected chi connectivity index (χ4v) is 2.05. The maximum Gasteiger partial charge on any atom is 0.219 e. The molecule has 5 heteroatoms. The molecule has 110 valence electrons. The van der Waals surface area contributed by atoms with Gasteiger partial charge in [-0.05, 0) is 30.5 Å². The smallest absolute Gasteiger partial charge is 0.219 e. The van der Waals surface area contributed by atoms with Crippen molar-refractivity contribution >= 4 is 5.82 Å². The molecule has 0 radical (unpaired) electrons. The molecule has 0 bridgehead atoms. The van der Waals surface area contributed by atoms with Crippen LogP contribution in [-0.2, 0) is 6.61 Å². The number of nitrogens with one attached hydrogen (secondary N) is 1. The summed E-state index contributed by atoms with van der Waals surface area (Å²) in [6.07, 6.45) is 2.34. The molecule has 0 aliphatic heterocycles. The first-order valence-electron chi connectivity index (χ1n) is 7.11. The van der Waals surface area contributed by atoms with E-state index in [0.717, 1.165) is 23.0 Å². The SMILES string of the molecule is CNc1cc(OCc2ccc(OC)cc2)nc(C2CC2)n1. The van der Waals surface area contributed by atoms with Crippen molar-refractivity contribution in [3.05, 3.63) is 41.7 Å². The Balaban J connectivity index is 1.69. The molecule has 1 aliphatic rings. The van der Waals surface area contributed by atoms with Gasteiger partial charge in [-0.15, -0.1) is 0 Å². The molecular weight excluding hydrogens is 266 g/mol. The number of methoxy groups -OCH3 is 1. The molecule has 1 aliphatic carbocycles. The van der Waals surface area contributed by atoms with Crippen molar-refractivity contribution in [3.8, 4) is 11.6 Å². The molecule has 0 atom stereocenters. The summed E-state index contributed by atoms with van der Waals surface area (Å²) in [6, 6.07) is 9.65. The van der Waals surface area contributed by atoms with Gasteiger partial charge in [-0.2, -0.15) is 4.98 Å². The minimum absolute atomic E-state index is 0.480. The number of nitrogens with zero attached hydrogens (tertiary/aromatic N) is 2. The van der Waals surface area contributed by atoms with Crippen LogP contribution in [0.25, 0.3) is 0 Å². The van der Waals surface area contributed by atoms with Crippen molar-refractivity contribution in [1.82, 2.24) is 9.97 Å². The highest BCUT2D eigenvalue weighted by Gasteiger charge is 2.27. The molecule has 1 saturated carbocycles. The molecule has 1 fully saturated rings. The second-order valence-electron chi connectivity index (χ2n) is 5.11. The van der Waals surface area contributed by atoms with Crippen molar-refractivity contribution in [2.75, 3.05) is 19.5 Å². The standard InChI is InChI=1S/C16H19N3O2/c1-17-14-9-15(19-16(18-14)12-5-6-12)21-10-11-3-7-13(20-2)8-4-11/h3-4,7-9,12H,5-6,10H2,1-2H3,(H,17,18,19). The number of ether oxygens (including phenoxy) is 2. The fourth-order valence-electron chi connectivity index (χ4n) is 2.05. The molecule has 1 heterocycles. The van der Waals surface area contributed by atoms with E-state index in [2.05, 4.69) is 15.3 Å². The molecule has 0 spiro atoms. The Morgan fingerprint density at radius 1 is 1.19 bits per heavy atom. The Hall–Kier alpha value is -2.30. The van der Waals surface area contributed by atoms with Crippen LogP contribution in [0.4, 0.5) is 5.82 Å². The lowest BCUT2D eigenvalue weighted by Crippen LogP contribution is -2.03. The van der Waals surface area contributed by atoms with Gasteiger partial charge in [0.1, 0.15) is 24.0 Å². The molecule has 21 heavy (non-hydrogen) atoms. The van der Waals surface area contributed by atoms with Crippen LogP contribution < -0.4 is 14.8 Å². The van der Waals surface area contributed by atoms with E-state index in [9.17, 15) is 0 Å². The van der Waals surface area contributed by atoms with E-state index in [1.54, 1.807) is 7.11 Å². The van der Waals surface area contributed by atoms with E-state index in [1.165, 1.54) is 12.8 Å². The number of hydrogen-bond donors (Lipinski definition) is 1. The van der Waals surface area contributed by atoms with Gasteiger partial charge in [0, 0.05) is 19.0 Å². The molecule has 0 saturated heterocycles. The fraction of sp³-hybridized carbons (Fsp3) is 0.375. The Morgan fingerprint density at radius 2 is 1.95 bits per heavy atom. The molecule has 3 rings (SSSR count). The second-order valence-corrected chi connectivity index (χ2v) is 5.11. The van der Waals surface area contributed by atoms with Crippen molar-refractivity contribution in [2.45, 2.75) is 25.4 Å². The van der Waals surface area contributed by atoms with Crippen LogP contribution in [0.15, 0.2) is 30.3 Å². The third-order valence-corrected chi connectivity index (χ3v) is 3.46. The summed E-state index contributed by atoms with van der Waals surface area (Å²) in [5.41, 5.74) is 1.08. The first-order chi connectivity index (χ1) is 10.3. The zero-order chi connectivity index (χ0) is 14.7. The Kier molecular flexibility index (Phi) is 3.90. The molecule has 2 aromatic rings.